The van der Waals surface area contributed by atoms with Gasteiger partial charge in [-0.3, -0.25) is 0 Å². The average Bonchev–Trinajstić information content (AvgIpc) is 2.48. The van der Waals surface area contributed by atoms with E-state index in [2.05, 4.69) is 47.9 Å². The number of rotatable bonds is 10. The Kier molecular flexibility index (Phi) is 8.05. The van der Waals surface area contributed by atoms with Gasteiger partial charge in [-0.1, -0.05) is 20.8 Å². The van der Waals surface area contributed by atoms with Crippen LogP contribution in [0.3, 0.4) is 0 Å². The molecule has 1 rings (SSSR count). The molecule has 1 aromatic heterocycles. The van der Waals surface area contributed by atoms with E-state index >= 15 is 0 Å². The molecule has 0 aromatic carbocycles. The number of anilines is 1. The summed E-state index contributed by atoms with van der Waals surface area (Å²) in [5, 5.41) is 3.30. The highest BCUT2D eigenvalue weighted by atomic mass is 16.5. The monoisotopic (exact) mass is 294 g/mol. The summed E-state index contributed by atoms with van der Waals surface area (Å²) in [5.41, 5.74) is 0.997. The van der Waals surface area contributed by atoms with Gasteiger partial charge in [-0.15, -0.1) is 0 Å². The van der Waals surface area contributed by atoms with Crippen LogP contribution in [0, 0.1) is 6.92 Å². The molecule has 21 heavy (non-hydrogen) atoms. The number of aryl methyl sites for hydroxylation is 1. The van der Waals surface area contributed by atoms with Crippen LogP contribution >= 0.6 is 0 Å². The first-order chi connectivity index (χ1) is 10.2. The number of likely N-dealkylation sites (N-methyl/N-ethyl adjacent to an activating group) is 1. The lowest BCUT2D eigenvalue weighted by molar-refractivity contribution is 0.216. The minimum absolute atomic E-state index is 0.663. The molecule has 0 aliphatic heterocycles. The first kappa shape index (κ1) is 17.7. The van der Waals surface area contributed by atoms with Crippen molar-refractivity contribution in [3.63, 3.8) is 0 Å². The van der Waals surface area contributed by atoms with Crippen LogP contribution in [0.5, 0.6) is 5.88 Å². The summed E-state index contributed by atoms with van der Waals surface area (Å²) in [6.07, 6.45) is 1.92. The molecule has 0 radical (unpaired) electrons. The smallest absolute Gasteiger partial charge is 0.221 e. The Morgan fingerprint density at radius 2 is 1.81 bits per heavy atom. The molecule has 0 aliphatic carbocycles. The summed E-state index contributed by atoms with van der Waals surface area (Å²) in [7, 11) is 0. The maximum absolute atomic E-state index is 5.91. The van der Waals surface area contributed by atoms with E-state index in [4.69, 9.17) is 4.74 Å². The number of aromatic nitrogens is 2. The van der Waals surface area contributed by atoms with E-state index in [1.165, 1.54) is 0 Å². The Morgan fingerprint density at radius 1 is 1.10 bits per heavy atom. The third-order valence-electron chi connectivity index (χ3n) is 3.51. The third kappa shape index (κ3) is 5.50. The fourth-order valence-corrected chi connectivity index (χ4v) is 2.17. The standard InChI is InChI=1S/C16H30N4O/c1-6-10-14-18-15(17-7-2)13(5)16(19-14)21-12-11-20(8-3)9-4/h6-12H2,1-5H3,(H,17,18,19). The van der Waals surface area contributed by atoms with Gasteiger partial charge >= 0.3 is 0 Å². The summed E-state index contributed by atoms with van der Waals surface area (Å²) in [4.78, 5) is 11.5. The van der Waals surface area contributed by atoms with Crippen LogP contribution in [0.4, 0.5) is 5.82 Å². The normalized spacial score (nSPS) is 11.0. The van der Waals surface area contributed by atoms with E-state index in [0.717, 1.165) is 62.1 Å². The zero-order valence-corrected chi connectivity index (χ0v) is 14.2. The Hall–Kier alpha value is -1.36. The molecule has 0 unspecified atom stereocenters. The quantitative estimate of drug-likeness (QED) is 0.719. The number of hydrogen-bond acceptors (Lipinski definition) is 5. The second-order valence-electron chi connectivity index (χ2n) is 5.07. The van der Waals surface area contributed by atoms with Crippen LogP contribution in [-0.2, 0) is 6.42 Å². The van der Waals surface area contributed by atoms with E-state index in [1.54, 1.807) is 0 Å². The minimum Gasteiger partial charge on any atom is -0.476 e. The third-order valence-corrected chi connectivity index (χ3v) is 3.51. The van der Waals surface area contributed by atoms with Crippen LogP contribution in [0.1, 0.15) is 45.5 Å². The SMILES string of the molecule is CCCc1nc(NCC)c(C)c(OCCN(CC)CC)n1. The summed E-state index contributed by atoms with van der Waals surface area (Å²) in [6.45, 7) is 15.1. The maximum atomic E-state index is 5.91. The summed E-state index contributed by atoms with van der Waals surface area (Å²) in [6, 6.07) is 0. The summed E-state index contributed by atoms with van der Waals surface area (Å²) in [5.74, 6) is 2.47. The van der Waals surface area contributed by atoms with Crippen molar-refractivity contribution in [2.24, 2.45) is 0 Å². The summed E-state index contributed by atoms with van der Waals surface area (Å²) < 4.78 is 5.91. The first-order valence-electron chi connectivity index (χ1n) is 8.12. The average molecular weight is 294 g/mol. The van der Waals surface area contributed by atoms with Gasteiger partial charge < -0.3 is 15.0 Å². The predicted octanol–water partition coefficient (Wildman–Crippen LogP) is 2.89. The molecule has 0 bridgehead atoms. The van der Waals surface area contributed by atoms with Gasteiger partial charge in [0.1, 0.15) is 18.2 Å². The van der Waals surface area contributed by atoms with Crippen molar-refractivity contribution in [2.45, 2.75) is 47.5 Å². The molecule has 0 spiro atoms. The lowest BCUT2D eigenvalue weighted by atomic mass is 10.2. The van der Waals surface area contributed by atoms with Crippen molar-refractivity contribution in [3.8, 4) is 5.88 Å². The van der Waals surface area contributed by atoms with E-state index in [9.17, 15) is 0 Å². The molecule has 1 aromatic rings. The molecule has 0 amide bonds. The van der Waals surface area contributed by atoms with Crippen molar-refractivity contribution in [1.82, 2.24) is 14.9 Å². The van der Waals surface area contributed by atoms with Gasteiger partial charge in [-0.2, -0.15) is 4.98 Å². The molecule has 0 fully saturated rings. The highest BCUT2D eigenvalue weighted by molar-refractivity contribution is 5.48. The highest BCUT2D eigenvalue weighted by Gasteiger charge is 2.11. The number of nitrogens with one attached hydrogen (secondary N) is 1. The Labute approximate surface area is 129 Å². The van der Waals surface area contributed by atoms with Gasteiger partial charge in [0, 0.05) is 19.5 Å². The van der Waals surface area contributed by atoms with E-state index < -0.39 is 0 Å². The fraction of sp³-hybridized carbons (Fsp3) is 0.750. The Bertz CT molecular complexity index is 419. The molecule has 0 aliphatic rings. The topological polar surface area (TPSA) is 50.3 Å². The molecule has 120 valence electrons. The molecule has 1 N–H and O–H groups in total. The van der Waals surface area contributed by atoms with Crippen molar-refractivity contribution in [3.05, 3.63) is 11.4 Å². The molecule has 0 saturated carbocycles. The van der Waals surface area contributed by atoms with Gasteiger partial charge in [0.15, 0.2) is 0 Å². The molecular weight excluding hydrogens is 264 g/mol. The van der Waals surface area contributed by atoms with Crippen LogP contribution in [-0.4, -0.2) is 47.7 Å². The minimum atomic E-state index is 0.663. The number of hydrogen-bond donors (Lipinski definition) is 1. The fourth-order valence-electron chi connectivity index (χ4n) is 2.17. The number of nitrogens with zero attached hydrogens (tertiary/aromatic N) is 3. The lowest BCUT2D eigenvalue weighted by Crippen LogP contribution is -2.28. The highest BCUT2D eigenvalue weighted by Crippen LogP contribution is 2.22. The van der Waals surface area contributed by atoms with Crippen molar-refractivity contribution in [1.29, 1.82) is 0 Å². The van der Waals surface area contributed by atoms with Crippen LogP contribution in [0.25, 0.3) is 0 Å². The van der Waals surface area contributed by atoms with Crippen molar-refractivity contribution in [2.75, 3.05) is 38.1 Å². The second-order valence-corrected chi connectivity index (χ2v) is 5.07. The molecule has 0 saturated heterocycles. The molecule has 0 atom stereocenters. The maximum Gasteiger partial charge on any atom is 0.221 e. The van der Waals surface area contributed by atoms with Gasteiger partial charge in [-0.05, 0) is 33.4 Å². The van der Waals surface area contributed by atoms with E-state index in [-0.39, 0.29) is 0 Å². The predicted molar refractivity (Wildman–Crippen MR) is 88.2 cm³/mol. The largest absolute Gasteiger partial charge is 0.476 e. The second kappa shape index (κ2) is 9.55. The Morgan fingerprint density at radius 3 is 2.38 bits per heavy atom. The van der Waals surface area contributed by atoms with Crippen LogP contribution in [0.15, 0.2) is 0 Å². The van der Waals surface area contributed by atoms with Gasteiger partial charge in [0.05, 0.1) is 5.56 Å². The van der Waals surface area contributed by atoms with Crippen molar-refractivity contribution < 1.29 is 4.74 Å². The molecule has 5 nitrogen and oxygen atoms in total. The van der Waals surface area contributed by atoms with Gasteiger partial charge in [0.25, 0.3) is 0 Å². The molecule has 5 heteroatoms. The lowest BCUT2D eigenvalue weighted by Gasteiger charge is -2.19. The van der Waals surface area contributed by atoms with Gasteiger partial charge in [0.2, 0.25) is 5.88 Å². The van der Waals surface area contributed by atoms with Crippen LogP contribution in [0.2, 0.25) is 0 Å². The zero-order valence-electron chi connectivity index (χ0n) is 14.2. The summed E-state index contributed by atoms with van der Waals surface area (Å²) >= 11 is 0. The van der Waals surface area contributed by atoms with E-state index in [0.29, 0.717) is 6.61 Å². The molecular formula is C16H30N4O. The first-order valence-corrected chi connectivity index (χ1v) is 8.12. The molecule has 1 heterocycles. The zero-order chi connectivity index (χ0) is 15.7. The Balaban J connectivity index is 2.78. The van der Waals surface area contributed by atoms with E-state index in [1.807, 2.05) is 6.92 Å². The number of ether oxygens (including phenoxy) is 1. The van der Waals surface area contributed by atoms with Crippen LogP contribution < -0.4 is 10.1 Å². The van der Waals surface area contributed by atoms with Gasteiger partial charge in [-0.25, -0.2) is 4.98 Å². The van der Waals surface area contributed by atoms with Crippen molar-refractivity contribution >= 4 is 5.82 Å².